The second-order valence-corrected chi connectivity index (χ2v) is 5.48. The summed E-state index contributed by atoms with van der Waals surface area (Å²) in [7, 11) is 1.62. The summed E-state index contributed by atoms with van der Waals surface area (Å²) in [6, 6.07) is 1.88. The van der Waals surface area contributed by atoms with Gasteiger partial charge in [0, 0.05) is 29.6 Å². The summed E-state index contributed by atoms with van der Waals surface area (Å²) < 4.78 is 10.7. The van der Waals surface area contributed by atoms with Gasteiger partial charge in [-0.2, -0.15) is 0 Å². The molecule has 17 heavy (non-hydrogen) atoms. The van der Waals surface area contributed by atoms with Crippen LogP contribution in [-0.4, -0.2) is 34.6 Å². The lowest BCUT2D eigenvalue weighted by Gasteiger charge is -2.20. The van der Waals surface area contributed by atoms with Gasteiger partial charge >= 0.3 is 0 Å². The molecule has 4 nitrogen and oxygen atoms in total. The number of aromatic nitrogens is 2. The van der Waals surface area contributed by atoms with Gasteiger partial charge in [0.1, 0.15) is 6.33 Å². The van der Waals surface area contributed by atoms with Crippen LogP contribution in [0.2, 0.25) is 0 Å². The molecule has 1 aliphatic rings. The van der Waals surface area contributed by atoms with Gasteiger partial charge in [-0.25, -0.2) is 9.97 Å². The van der Waals surface area contributed by atoms with E-state index in [-0.39, 0.29) is 0 Å². The number of nitrogens with zero attached hydrogens (tertiary/aromatic N) is 2. The molecular weight excluding hydrogens is 284 g/mol. The van der Waals surface area contributed by atoms with Gasteiger partial charge in [-0.05, 0) is 19.3 Å². The maximum Gasteiger partial charge on any atom is 0.216 e. The fourth-order valence-corrected chi connectivity index (χ4v) is 3.20. The average molecular weight is 301 g/mol. The van der Waals surface area contributed by atoms with Gasteiger partial charge in [0.25, 0.3) is 0 Å². The number of rotatable bonds is 4. The van der Waals surface area contributed by atoms with Crippen molar-refractivity contribution in [1.82, 2.24) is 9.97 Å². The molecule has 1 aliphatic heterocycles. The Morgan fingerprint density at radius 3 is 3.06 bits per heavy atom. The van der Waals surface area contributed by atoms with Gasteiger partial charge in [0.05, 0.1) is 13.2 Å². The molecule has 0 aliphatic carbocycles. The quantitative estimate of drug-likeness (QED) is 0.800. The molecule has 1 fully saturated rings. The summed E-state index contributed by atoms with van der Waals surface area (Å²) in [5, 5.41) is 0. The normalized spacial score (nSPS) is 25.8. The standard InChI is InChI=1S/C12H17BrN2O2/c1-8-10(3-4-17-8)11(13)5-9-6-12(16-2)15-7-14-9/h6-8,10-11H,3-5H2,1-2H3. The van der Waals surface area contributed by atoms with Crippen LogP contribution in [0.4, 0.5) is 0 Å². The molecule has 0 aromatic carbocycles. The first-order valence-electron chi connectivity index (χ1n) is 5.81. The van der Waals surface area contributed by atoms with E-state index in [2.05, 4.69) is 32.8 Å². The fourth-order valence-electron chi connectivity index (χ4n) is 2.17. The first-order chi connectivity index (χ1) is 8.20. The number of alkyl halides is 1. The Hall–Kier alpha value is -0.680. The highest BCUT2D eigenvalue weighted by Gasteiger charge is 2.30. The minimum atomic E-state index is 0.322. The van der Waals surface area contributed by atoms with Crippen molar-refractivity contribution in [1.29, 1.82) is 0 Å². The topological polar surface area (TPSA) is 44.2 Å². The summed E-state index contributed by atoms with van der Waals surface area (Å²) in [5.41, 5.74) is 0.998. The van der Waals surface area contributed by atoms with Crippen molar-refractivity contribution in [3.8, 4) is 5.88 Å². The van der Waals surface area contributed by atoms with Crippen LogP contribution in [0, 0.1) is 5.92 Å². The lowest BCUT2D eigenvalue weighted by atomic mass is 9.96. The Bertz CT molecular complexity index is 375. The van der Waals surface area contributed by atoms with Crippen LogP contribution in [0.3, 0.4) is 0 Å². The third kappa shape index (κ3) is 3.16. The third-order valence-electron chi connectivity index (χ3n) is 3.21. The van der Waals surface area contributed by atoms with Crippen LogP contribution >= 0.6 is 15.9 Å². The van der Waals surface area contributed by atoms with Gasteiger partial charge < -0.3 is 9.47 Å². The smallest absolute Gasteiger partial charge is 0.216 e. The third-order valence-corrected chi connectivity index (χ3v) is 4.21. The molecule has 0 N–H and O–H groups in total. The van der Waals surface area contributed by atoms with E-state index in [1.54, 1.807) is 13.4 Å². The molecule has 0 bridgehead atoms. The SMILES string of the molecule is COc1cc(CC(Br)C2CCOC2C)ncn1. The van der Waals surface area contributed by atoms with Crippen molar-refractivity contribution in [3.05, 3.63) is 18.1 Å². The van der Waals surface area contributed by atoms with Crippen molar-refractivity contribution in [2.24, 2.45) is 5.92 Å². The van der Waals surface area contributed by atoms with Crippen molar-refractivity contribution < 1.29 is 9.47 Å². The minimum absolute atomic E-state index is 0.322. The summed E-state index contributed by atoms with van der Waals surface area (Å²) in [5.74, 6) is 1.17. The Balaban J connectivity index is 1.99. The molecule has 1 aromatic rings. The Morgan fingerprint density at radius 2 is 2.41 bits per heavy atom. The van der Waals surface area contributed by atoms with Crippen molar-refractivity contribution in [2.75, 3.05) is 13.7 Å². The molecule has 3 atom stereocenters. The van der Waals surface area contributed by atoms with E-state index in [0.717, 1.165) is 25.1 Å². The molecule has 0 amide bonds. The molecule has 1 aromatic heterocycles. The molecule has 2 rings (SSSR count). The lowest BCUT2D eigenvalue weighted by Crippen LogP contribution is -2.23. The summed E-state index contributed by atoms with van der Waals surface area (Å²) in [6.07, 6.45) is 3.85. The lowest BCUT2D eigenvalue weighted by molar-refractivity contribution is 0.105. The molecule has 0 radical (unpaired) electrons. The molecule has 1 saturated heterocycles. The predicted molar refractivity (Wildman–Crippen MR) is 68.5 cm³/mol. The van der Waals surface area contributed by atoms with Crippen LogP contribution in [-0.2, 0) is 11.2 Å². The van der Waals surface area contributed by atoms with Gasteiger partial charge in [-0.3, -0.25) is 0 Å². The zero-order chi connectivity index (χ0) is 12.3. The zero-order valence-corrected chi connectivity index (χ0v) is 11.7. The van der Waals surface area contributed by atoms with E-state index in [1.807, 2.05) is 6.07 Å². The number of hydrogen-bond acceptors (Lipinski definition) is 4. The molecule has 0 spiro atoms. The van der Waals surface area contributed by atoms with Crippen molar-refractivity contribution in [3.63, 3.8) is 0 Å². The summed E-state index contributed by atoms with van der Waals surface area (Å²) in [4.78, 5) is 8.65. The number of methoxy groups -OCH3 is 1. The maximum absolute atomic E-state index is 5.58. The first kappa shape index (κ1) is 12.8. The zero-order valence-electron chi connectivity index (χ0n) is 10.1. The molecule has 3 unspecified atom stereocenters. The van der Waals surface area contributed by atoms with Crippen LogP contribution in [0.5, 0.6) is 5.88 Å². The minimum Gasteiger partial charge on any atom is -0.481 e. The van der Waals surface area contributed by atoms with E-state index in [0.29, 0.717) is 22.7 Å². The highest BCUT2D eigenvalue weighted by Crippen LogP contribution is 2.30. The molecule has 2 heterocycles. The van der Waals surface area contributed by atoms with E-state index >= 15 is 0 Å². The van der Waals surface area contributed by atoms with Crippen molar-refractivity contribution >= 4 is 15.9 Å². The fraction of sp³-hybridized carbons (Fsp3) is 0.667. The van der Waals surface area contributed by atoms with E-state index in [4.69, 9.17) is 9.47 Å². The second-order valence-electron chi connectivity index (χ2n) is 4.30. The Morgan fingerprint density at radius 1 is 1.59 bits per heavy atom. The number of halogens is 1. The summed E-state index contributed by atoms with van der Waals surface area (Å²) >= 11 is 3.75. The number of hydrogen-bond donors (Lipinski definition) is 0. The van der Waals surface area contributed by atoms with E-state index < -0.39 is 0 Å². The predicted octanol–water partition coefficient (Wildman–Crippen LogP) is 2.22. The van der Waals surface area contributed by atoms with Gasteiger partial charge in [0.15, 0.2) is 0 Å². The first-order valence-corrected chi connectivity index (χ1v) is 6.73. The maximum atomic E-state index is 5.58. The van der Waals surface area contributed by atoms with Gasteiger partial charge in [-0.1, -0.05) is 15.9 Å². The van der Waals surface area contributed by atoms with Crippen LogP contribution in [0.25, 0.3) is 0 Å². The number of ether oxygens (including phenoxy) is 2. The largest absolute Gasteiger partial charge is 0.481 e. The second kappa shape index (κ2) is 5.78. The van der Waals surface area contributed by atoms with E-state index in [9.17, 15) is 0 Å². The highest BCUT2D eigenvalue weighted by atomic mass is 79.9. The van der Waals surface area contributed by atoms with Gasteiger partial charge in [0.2, 0.25) is 5.88 Å². The van der Waals surface area contributed by atoms with Crippen LogP contribution < -0.4 is 4.74 Å². The molecule has 5 heteroatoms. The van der Waals surface area contributed by atoms with E-state index in [1.165, 1.54) is 0 Å². The molecule has 0 saturated carbocycles. The van der Waals surface area contributed by atoms with Gasteiger partial charge in [-0.15, -0.1) is 0 Å². The Kier molecular flexibility index (Phi) is 4.34. The van der Waals surface area contributed by atoms with Crippen LogP contribution in [0.1, 0.15) is 19.0 Å². The molecule has 94 valence electrons. The summed E-state index contributed by atoms with van der Waals surface area (Å²) in [6.45, 7) is 2.99. The highest BCUT2D eigenvalue weighted by molar-refractivity contribution is 9.09. The van der Waals surface area contributed by atoms with Crippen LogP contribution in [0.15, 0.2) is 12.4 Å². The Labute approximate surface area is 110 Å². The monoisotopic (exact) mass is 300 g/mol. The van der Waals surface area contributed by atoms with Crippen molar-refractivity contribution in [2.45, 2.75) is 30.7 Å². The molecular formula is C12H17BrN2O2. The average Bonchev–Trinajstić information content (AvgIpc) is 2.76.